The maximum absolute atomic E-state index is 12.0. The highest BCUT2D eigenvalue weighted by Gasteiger charge is 2.16. The predicted molar refractivity (Wildman–Crippen MR) is 102 cm³/mol. The van der Waals surface area contributed by atoms with Gasteiger partial charge in [-0.25, -0.2) is 14.8 Å². The second kappa shape index (κ2) is 7.67. The van der Waals surface area contributed by atoms with E-state index >= 15 is 0 Å². The largest absolute Gasteiger partial charge is 0.436 e. The first-order chi connectivity index (χ1) is 13.3. The van der Waals surface area contributed by atoms with Gasteiger partial charge in [0, 0.05) is 20.2 Å². The fraction of sp³-hybridized carbons (Fsp3) is 0.125. The van der Waals surface area contributed by atoms with Crippen LogP contribution in [0.3, 0.4) is 0 Å². The number of aromatic amines is 1. The lowest BCUT2D eigenvalue weighted by atomic mass is 10.3. The third-order valence-electron chi connectivity index (χ3n) is 3.45. The highest BCUT2D eigenvalue weighted by Crippen LogP contribution is 2.37. The number of nitrogens with one attached hydrogen (secondary N) is 1. The van der Waals surface area contributed by atoms with Gasteiger partial charge in [-0.3, -0.25) is 9.78 Å². The number of hydrogen-bond donors (Lipinski definition) is 1. The molecule has 2 heterocycles. The van der Waals surface area contributed by atoms with Crippen LogP contribution in [0.4, 0.5) is 5.82 Å². The molecule has 0 spiro atoms. The number of halogens is 2. The molecule has 12 heteroatoms. The maximum atomic E-state index is 12.0. The van der Waals surface area contributed by atoms with Gasteiger partial charge in [0.2, 0.25) is 11.6 Å². The Labute approximate surface area is 167 Å². The summed E-state index contributed by atoms with van der Waals surface area (Å²) in [6.45, 7) is 0. The number of H-pyrrole nitrogens is 1. The second-order valence-corrected chi connectivity index (χ2v) is 6.40. The number of aromatic nitrogens is 5. The molecule has 0 amide bonds. The lowest BCUT2D eigenvalue weighted by molar-refractivity contribution is 0.462. The van der Waals surface area contributed by atoms with Gasteiger partial charge in [0.1, 0.15) is 18.2 Å². The molecule has 0 saturated heterocycles. The minimum Gasteiger partial charge on any atom is -0.436 e. The molecule has 3 aromatic rings. The summed E-state index contributed by atoms with van der Waals surface area (Å²) in [6.07, 6.45) is 1.33. The van der Waals surface area contributed by atoms with E-state index < -0.39 is 16.9 Å². The van der Waals surface area contributed by atoms with Crippen LogP contribution in [-0.2, 0) is 0 Å². The zero-order valence-corrected chi connectivity index (χ0v) is 16.0. The first-order valence-corrected chi connectivity index (χ1v) is 8.36. The first kappa shape index (κ1) is 19.3. The van der Waals surface area contributed by atoms with Crippen LogP contribution in [0.25, 0.3) is 5.69 Å². The average molecular weight is 420 g/mol. The smallest absolute Gasteiger partial charge is 0.349 e. The van der Waals surface area contributed by atoms with Crippen molar-refractivity contribution in [2.24, 2.45) is 0 Å². The van der Waals surface area contributed by atoms with E-state index in [1.807, 2.05) is 19.1 Å². The summed E-state index contributed by atoms with van der Waals surface area (Å²) in [5.41, 5.74) is -2.08. The third-order valence-corrected chi connectivity index (χ3v) is 4.02. The number of benzene rings is 1. The summed E-state index contributed by atoms with van der Waals surface area (Å²) in [7, 11) is 3.62. The molecule has 0 atom stereocenters. The molecule has 0 aliphatic rings. The number of nitriles is 1. The molecule has 0 aliphatic heterocycles. The first-order valence-electron chi connectivity index (χ1n) is 7.60. The molecule has 2 aromatic heterocycles. The zero-order chi connectivity index (χ0) is 20.4. The molecule has 0 bridgehead atoms. The Kier molecular flexibility index (Phi) is 5.30. The van der Waals surface area contributed by atoms with Gasteiger partial charge >= 0.3 is 5.69 Å². The summed E-state index contributed by atoms with van der Waals surface area (Å²) in [6, 6.07) is 5.89. The van der Waals surface area contributed by atoms with Crippen molar-refractivity contribution in [3.05, 3.63) is 61.1 Å². The van der Waals surface area contributed by atoms with Crippen LogP contribution in [-0.4, -0.2) is 38.8 Å². The molecule has 3 rings (SSSR count). The van der Waals surface area contributed by atoms with Crippen LogP contribution in [0.2, 0.25) is 10.0 Å². The fourth-order valence-electron chi connectivity index (χ4n) is 2.15. The Hall–Kier alpha value is -3.42. The molecule has 1 N–H and O–H groups in total. The van der Waals surface area contributed by atoms with E-state index in [-0.39, 0.29) is 27.4 Å². The van der Waals surface area contributed by atoms with Crippen molar-refractivity contribution in [3.63, 3.8) is 0 Å². The molecular formula is C16H11Cl2N7O3. The van der Waals surface area contributed by atoms with E-state index in [1.54, 1.807) is 17.0 Å². The molecule has 10 nitrogen and oxygen atoms in total. The minimum absolute atomic E-state index is 0.0610. The van der Waals surface area contributed by atoms with Gasteiger partial charge in [0.15, 0.2) is 5.75 Å². The lowest BCUT2D eigenvalue weighted by Crippen LogP contribution is -2.33. The normalized spacial score (nSPS) is 10.4. The Morgan fingerprint density at radius 2 is 1.86 bits per heavy atom. The van der Waals surface area contributed by atoms with Gasteiger partial charge < -0.3 is 9.64 Å². The standard InChI is InChI=1S/C16H11Cl2N7O3/c1-24(2)12-5-13(21-7-20-12)28-14-9(17)3-8(4-10(14)18)25-16(27)22-15(26)11(6-19)23-25/h3-5,7H,1-2H3,(H,22,26,27). The Morgan fingerprint density at radius 1 is 1.18 bits per heavy atom. The quantitative estimate of drug-likeness (QED) is 0.676. The van der Waals surface area contributed by atoms with Crippen LogP contribution >= 0.6 is 23.2 Å². The summed E-state index contributed by atoms with van der Waals surface area (Å²) in [5, 5.41) is 12.7. The molecule has 0 unspecified atom stereocenters. The number of anilines is 1. The Bertz CT molecular complexity index is 1190. The van der Waals surface area contributed by atoms with Crippen molar-refractivity contribution in [3.8, 4) is 23.4 Å². The Morgan fingerprint density at radius 3 is 2.46 bits per heavy atom. The molecular weight excluding hydrogens is 409 g/mol. The van der Waals surface area contributed by atoms with E-state index in [1.165, 1.54) is 18.5 Å². The van der Waals surface area contributed by atoms with Gasteiger partial charge in [0.25, 0.3) is 5.56 Å². The zero-order valence-electron chi connectivity index (χ0n) is 14.5. The van der Waals surface area contributed by atoms with E-state index in [9.17, 15) is 9.59 Å². The van der Waals surface area contributed by atoms with Crippen molar-refractivity contribution in [2.75, 3.05) is 19.0 Å². The van der Waals surface area contributed by atoms with Gasteiger partial charge in [-0.1, -0.05) is 23.2 Å². The SMILES string of the molecule is CN(C)c1cc(Oc2c(Cl)cc(-n3nc(C#N)c(=O)[nH]c3=O)cc2Cl)ncn1. The summed E-state index contributed by atoms with van der Waals surface area (Å²) in [4.78, 5) is 35.3. The van der Waals surface area contributed by atoms with Crippen LogP contribution in [0.5, 0.6) is 11.6 Å². The fourth-order valence-corrected chi connectivity index (χ4v) is 2.70. The van der Waals surface area contributed by atoms with Gasteiger partial charge in [-0.05, 0) is 12.1 Å². The van der Waals surface area contributed by atoms with E-state index in [0.29, 0.717) is 5.82 Å². The summed E-state index contributed by atoms with van der Waals surface area (Å²) in [5.74, 6) is 0.928. The predicted octanol–water partition coefficient (Wildman–Crippen LogP) is 1.75. The lowest BCUT2D eigenvalue weighted by Gasteiger charge is -2.14. The van der Waals surface area contributed by atoms with E-state index in [2.05, 4.69) is 15.1 Å². The van der Waals surface area contributed by atoms with E-state index in [0.717, 1.165) is 4.68 Å². The van der Waals surface area contributed by atoms with Gasteiger partial charge in [0.05, 0.1) is 15.7 Å². The van der Waals surface area contributed by atoms with E-state index in [4.69, 9.17) is 33.2 Å². The van der Waals surface area contributed by atoms with Crippen LogP contribution in [0.15, 0.2) is 34.1 Å². The van der Waals surface area contributed by atoms with Crippen LogP contribution in [0.1, 0.15) is 5.69 Å². The average Bonchev–Trinajstić information content (AvgIpc) is 2.65. The summed E-state index contributed by atoms with van der Waals surface area (Å²) < 4.78 is 6.46. The number of ether oxygens (including phenoxy) is 1. The molecule has 142 valence electrons. The number of rotatable bonds is 4. The maximum Gasteiger partial charge on any atom is 0.349 e. The van der Waals surface area contributed by atoms with Crippen LogP contribution in [0, 0.1) is 11.3 Å². The highest BCUT2D eigenvalue weighted by atomic mass is 35.5. The van der Waals surface area contributed by atoms with Crippen molar-refractivity contribution < 1.29 is 4.74 Å². The highest BCUT2D eigenvalue weighted by molar-refractivity contribution is 6.37. The molecule has 0 saturated carbocycles. The van der Waals surface area contributed by atoms with Crippen molar-refractivity contribution in [1.82, 2.24) is 24.7 Å². The molecule has 0 fully saturated rings. The van der Waals surface area contributed by atoms with Crippen molar-refractivity contribution >= 4 is 29.0 Å². The third kappa shape index (κ3) is 3.80. The number of hydrogen-bond acceptors (Lipinski definition) is 8. The topological polar surface area (TPSA) is 130 Å². The minimum atomic E-state index is -0.888. The molecule has 0 radical (unpaired) electrons. The monoisotopic (exact) mass is 419 g/mol. The van der Waals surface area contributed by atoms with Gasteiger partial charge in [-0.15, -0.1) is 5.10 Å². The molecule has 1 aromatic carbocycles. The molecule has 0 aliphatic carbocycles. The van der Waals surface area contributed by atoms with Crippen molar-refractivity contribution in [2.45, 2.75) is 0 Å². The van der Waals surface area contributed by atoms with Crippen LogP contribution < -0.4 is 20.9 Å². The van der Waals surface area contributed by atoms with Gasteiger partial charge in [-0.2, -0.15) is 9.94 Å². The molecule has 28 heavy (non-hydrogen) atoms. The number of nitrogens with zero attached hydrogens (tertiary/aromatic N) is 6. The Balaban J connectivity index is 2.03. The summed E-state index contributed by atoms with van der Waals surface area (Å²) >= 11 is 12.5. The van der Waals surface area contributed by atoms with Crippen molar-refractivity contribution in [1.29, 1.82) is 5.26 Å². The second-order valence-electron chi connectivity index (χ2n) is 5.58.